The molecular formula is C15H5F7N2O. The summed E-state index contributed by atoms with van der Waals surface area (Å²) in [5, 5.41) is 10.3. The van der Waals surface area contributed by atoms with Gasteiger partial charge in [0.15, 0.2) is 23.3 Å². The normalized spacial score (nSPS) is 11.1. The van der Waals surface area contributed by atoms with E-state index in [2.05, 4.69) is 0 Å². The van der Waals surface area contributed by atoms with E-state index in [-0.39, 0.29) is 5.56 Å². The van der Waals surface area contributed by atoms with Gasteiger partial charge >= 0.3 is 6.18 Å². The lowest BCUT2D eigenvalue weighted by Gasteiger charge is -2.14. The predicted molar refractivity (Wildman–Crippen MR) is 70.4 cm³/mol. The Kier molecular flexibility index (Phi) is 4.69. The fourth-order valence-electron chi connectivity index (χ4n) is 1.95. The van der Waals surface area contributed by atoms with Crippen LogP contribution in [0.2, 0.25) is 0 Å². The molecule has 2 aromatic carbocycles. The van der Waals surface area contributed by atoms with Crippen molar-refractivity contribution in [3.8, 4) is 6.07 Å². The van der Waals surface area contributed by atoms with Crippen molar-refractivity contribution in [2.75, 3.05) is 5.32 Å². The standard InChI is InChI=1S/C15H5F7N2O/c16-9-8(15(20,21)22)10(17)12(19)13(11(9)18)24-14(25)7-4-2-1-3-6(7)5-23/h1-4H,(H,24,25). The minimum atomic E-state index is -5.69. The molecule has 0 aromatic heterocycles. The Morgan fingerprint density at radius 3 is 1.96 bits per heavy atom. The number of hydrogen-bond acceptors (Lipinski definition) is 2. The van der Waals surface area contributed by atoms with Crippen molar-refractivity contribution in [1.82, 2.24) is 0 Å². The molecule has 0 bridgehead atoms. The minimum Gasteiger partial charge on any atom is -0.317 e. The van der Waals surface area contributed by atoms with Gasteiger partial charge < -0.3 is 5.32 Å². The van der Waals surface area contributed by atoms with Gasteiger partial charge in [-0.05, 0) is 12.1 Å². The number of carbonyl (C=O) groups excluding carboxylic acids is 1. The summed E-state index contributed by atoms with van der Waals surface area (Å²) < 4.78 is 91.9. The van der Waals surface area contributed by atoms with E-state index < -0.39 is 52.2 Å². The number of benzene rings is 2. The number of nitriles is 1. The van der Waals surface area contributed by atoms with Gasteiger partial charge in [-0.3, -0.25) is 4.79 Å². The number of carbonyl (C=O) groups is 1. The lowest BCUT2D eigenvalue weighted by atomic mass is 10.1. The first-order valence-electron chi connectivity index (χ1n) is 6.33. The van der Waals surface area contributed by atoms with E-state index in [1.165, 1.54) is 23.5 Å². The third-order valence-electron chi connectivity index (χ3n) is 3.08. The number of hydrogen-bond donors (Lipinski definition) is 1. The number of rotatable bonds is 2. The molecule has 0 spiro atoms. The maximum Gasteiger partial charge on any atom is 0.422 e. The monoisotopic (exact) mass is 362 g/mol. The molecule has 0 aliphatic carbocycles. The van der Waals surface area contributed by atoms with E-state index in [1.807, 2.05) is 0 Å². The first kappa shape index (κ1) is 18.3. The van der Waals surface area contributed by atoms with Gasteiger partial charge in [-0.25, -0.2) is 17.6 Å². The molecule has 2 aromatic rings. The summed E-state index contributed by atoms with van der Waals surface area (Å²) in [6, 6.07) is 6.50. The summed E-state index contributed by atoms with van der Waals surface area (Å²) in [6.07, 6.45) is -5.69. The lowest BCUT2D eigenvalue weighted by Crippen LogP contribution is -2.20. The molecule has 10 heteroatoms. The second kappa shape index (κ2) is 6.43. The summed E-state index contributed by atoms with van der Waals surface area (Å²) >= 11 is 0. The summed E-state index contributed by atoms with van der Waals surface area (Å²) in [5.41, 5.74) is -5.11. The molecule has 0 aliphatic rings. The quantitative estimate of drug-likeness (QED) is 0.637. The van der Waals surface area contributed by atoms with Crippen LogP contribution >= 0.6 is 0 Å². The van der Waals surface area contributed by atoms with Crippen molar-refractivity contribution >= 4 is 11.6 Å². The maximum atomic E-state index is 13.7. The Balaban J connectivity index is 2.55. The van der Waals surface area contributed by atoms with Gasteiger partial charge in [-0.1, -0.05) is 12.1 Å². The molecule has 0 saturated heterocycles. The molecule has 0 atom stereocenters. The molecule has 0 aliphatic heterocycles. The highest BCUT2D eigenvalue weighted by molar-refractivity contribution is 6.06. The van der Waals surface area contributed by atoms with E-state index >= 15 is 0 Å². The van der Waals surface area contributed by atoms with E-state index in [0.29, 0.717) is 0 Å². The molecule has 1 N–H and O–H groups in total. The smallest absolute Gasteiger partial charge is 0.317 e. The predicted octanol–water partition coefficient (Wildman–Crippen LogP) is 4.39. The van der Waals surface area contributed by atoms with Crippen LogP contribution in [0, 0.1) is 34.6 Å². The van der Waals surface area contributed by atoms with E-state index in [4.69, 9.17) is 5.26 Å². The topological polar surface area (TPSA) is 52.9 Å². The molecule has 0 fully saturated rings. The van der Waals surface area contributed by atoms with Gasteiger partial charge in [0.05, 0.1) is 17.2 Å². The Hall–Kier alpha value is -3.09. The van der Waals surface area contributed by atoms with Crippen LogP contribution in [0.3, 0.4) is 0 Å². The molecule has 25 heavy (non-hydrogen) atoms. The third kappa shape index (κ3) is 3.26. The van der Waals surface area contributed by atoms with Crippen LogP contribution in [0.4, 0.5) is 36.4 Å². The largest absolute Gasteiger partial charge is 0.422 e. The Morgan fingerprint density at radius 2 is 1.48 bits per heavy atom. The Labute approximate surface area is 135 Å². The van der Waals surface area contributed by atoms with Crippen molar-refractivity contribution < 1.29 is 35.5 Å². The summed E-state index contributed by atoms with van der Waals surface area (Å²) in [6.45, 7) is 0. The van der Waals surface area contributed by atoms with Crippen molar-refractivity contribution in [2.24, 2.45) is 0 Å². The number of amides is 1. The number of anilines is 1. The summed E-state index contributed by atoms with van der Waals surface area (Å²) in [5.74, 6) is -11.6. The molecule has 0 radical (unpaired) electrons. The van der Waals surface area contributed by atoms with Crippen molar-refractivity contribution in [3.05, 3.63) is 64.2 Å². The molecule has 2 rings (SSSR count). The van der Waals surface area contributed by atoms with Gasteiger partial charge in [-0.2, -0.15) is 18.4 Å². The molecular weight excluding hydrogens is 357 g/mol. The fourth-order valence-corrected chi connectivity index (χ4v) is 1.95. The van der Waals surface area contributed by atoms with Gasteiger partial charge in [0.2, 0.25) is 0 Å². The zero-order chi connectivity index (χ0) is 18.9. The number of halogens is 7. The highest BCUT2D eigenvalue weighted by atomic mass is 19.4. The summed E-state index contributed by atoms with van der Waals surface area (Å²) in [7, 11) is 0. The van der Waals surface area contributed by atoms with Crippen LogP contribution in [0.1, 0.15) is 21.5 Å². The van der Waals surface area contributed by atoms with Crippen molar-refractivity contribution in [1.29, 1.82) is 5.26 Å². The SMILES string of the molecule is N#Cc1ccccc1C(=O)Nc1c(F)c(F)c(C(F)(F)F)c(F)c1F. The third-order valence-corrected chi connectivity index (χ3v) is 3.08. The highest BCUT2D eigenvalue weighted by Gasteiger charge is 2.42. The van der Waals surface area contributed by atoms with E-state index in [1.54, 1.807) is 6.07 Å². The second-order valence-electron chi connectivity index (χ2n) is 4.62. The number of alkyl halides is 3. The highest BCUT2D eigenvalue weighted by Crippen LogP contribution is 2.38. The van der Waals surface area contributed by atoms with Crippen LogP contribution in [0.5, 0.6) is 0 Å². The van der Waals surface area contributed by atoms with E-state index in [0.717, 1.165) is 6.07 Å². The first-order valence-corrected chi connectivity index (χ1v) is 6.33. The van der Waals surface area contributed by atoms with Crippen LogP contribution < -0.4 is 5.32 Å². The lowest BCUT2D eigenvalue weighted by molar-refractivity contribution is -0.143. The second-order valence-corrected chi connectivity index (χ2v) is 4.62. The van der Waals surface area contributed by atoms with Gasteiger partial charge in [0.1, 0.15) is 11.3 Å². The van der Waals surface area contributed by atoms with Crippen molar-refractivity contribution in [2.45, 2.75) is 6.18 Å². The number of nitrogens with zero attached hydrogens (tertiary/aromatic N) is 1. The Morgan fingerprint density at radius 1 is 0.960 bits per heavy atom. The zero-order valence-corrected chi connectivity index (χ0v) is 11.8. The molecule has 0 heterocycles. The van der Waals surface area contributed by atoms with Crippen LogP contribution in [-0.4, -0.2) is 5.91 Å². The first-order chi connectivity index (χ1) is 11.6. The average molecular weight is 362 g/mol. The maximum absolute atomic E-state index is 13.7. The number of nitrogens with one attached hydrogen (secondary N) is 1. The molecule has 1 amide bonds. The average Bonchev–Trinajstić information content (AvgIpc) is 2.55. The minimum absolute atomic E-state index is 0.228. The van der Waals surface area contributed by atoms with Gasteiger partial charge in [0.25, 0.3) is 5.91 Å². The molecule has 130 valence electrons. The molecule has 3 nitrogen and oxygen atoms in total. The fraction of sp³-hybridized carbons (Fsp3) is 0.0667. The zero-order valence-electron chi connectivity index (χ0n) is 11.8. The van der Waals surface area contributed by atoms with Crippen LogP contribution in [0.15, 0.2) is 24.3 Å². The van der Waals surface area contributed by atoms with Crippen LogP contribution in [0.25, 0.3) is 0 Å². The molecule has 0 unspecified atom stereocenters. The van der Waals surface area contributed by atoms with Gasteiger partial charge in [-0.15, -0.1) is 0 Å². The summed E-state index contributed by atoms with van der Waals surface area (Å²) in [4.78, 5) is 11.9. The van der Waals surface area contributed by atoms with Gasteiger partial charge in [0, 0.05) is 0 Å². The Bertz CT molecular complexity index is 871. The van der Waals surface area contributed by atoms with E-state index in [9.17, 15) is 35.5 Å². The molecule has 0 saturated carbocycles. The van der Waals surface area contributed by atoms with Crippen molar-refractivity contribution in [3.63, 3.8) is 0 Å². The van der Waals surface area contributed by atoms with Crippen LogP contribution in [-0.2, 0) is 6.18 Å².